The van der Waals surface area contributed by atoms with Gasteiger partial charge in [-0.3, -0.25) is 4.72 Å². The van der Waals surface area contributed by atoms with Gasteiger partial charge >= 0.3 is 0 Å². The summed E-state index contributed by atoms with van der Waals surface area (Å²) in [6, 6.07) is 8.34. The first-order chi connectivity index (χ1) is 9.99. The molecule has 1 aromatic carbocycles. The molecule has 1 aliphatic carbocycles. The van der Waals surface area contributed by atoms with Crippen LogP contribution in [0.3, 0.4) is 0 Å². The number of aromatic nitrogens is 1. The fraction of sp³-hybridized carbons (Fsp3) is 0.286. The Hall–Kier alpha value is -1.50. The van der Waals surface area contributed by atoms with E-state index in [4.69, 9.17) is 11.6 Å². The molecule has 0 amide bonds. The molecule has 0 saturated heterocycles. The number of hydrogen-bond acceptors (Lipinski definition) is 3. The molecule has 1 aliphatic rings. The summed E-state index contributed by atoms with van der Waals surface area (Å²) in [5.41, 5.74) is 1.02. The van der Waals surface area contributed by atoms with Crippen LogP contribution >= 0.6 is 11.6 Å². The first-order valence-electron chi connectivity index (χ1n) is 6.59. The predicted molar refractivity (Wildman–Crippen MR) is 80.9 cm³/mol. The highest BCUT2D eigenvalue weighted by atomic mass is 35.5. The van der Waals surface area contributed by atoms with Crippen LogP contribution < -0.4 is 4.72 Å². The van der Waals surface area contributed by atoms with Crippen molar-refractivity contribution in [2.45, 2.75) is 30.4 Å². The maximum absolute atomic E-state index is 12.4. The molecule has 1 fully saturated rings. The second-order valence-corrected chi connectivity index (χ2v) is 7.20. The highest BCUT2D eigenvalue weighted by molar-refractivity contribution is 7.92. The zero-order valence-corrected chi connectivity index (χ0v) is 12.7. The van der Waals surface area contributed by atoms with E-state index in [1.165, 1.54) is 6.07 Å². The lowest BCUT2D eigenvalue weighted by Gasteiger charge is -2.06. The van der Waals surface area contributed by atoms with E-state index in [1.54, 1.807) is 30.5 Å². The number of nitrogens with zero attached hydrogens (tertiary/aromatic N) is 1. The van der Waals surface area contributed by atoms with E-state index in [0.717, 1.165) is 12.8 Å². The van der Waals surface area contributed by atoms with Crippen LogP contribution in [-0.4, -0.2) is 18.1 Å². The van der Waals surface area contributed by atoms with E-state index >= 15 is 0 Å². The number of hydrogen-bond donors (Lipinski definition) is 2. The lowest BCUT2D eigenvalue weighted by atomic mass is 10.3. The molecule has 7 heteroatoms. The second-order valence-electron chi connectivity index (χ2n) is 5.08. The van der Waals surface area contributed by atoms with Crippen molar-refractivity contribution in [2.24, 2.45) is 0 Å². The van der Waals surface area contributed by atoms with Gasteiger partial charge in [-0.2, -0.15) is 0 Å². The molecule has 3 rings (SSSR count). The van der Waals surface area contributed by atoms with Gasteiger partial charge in [-0.05, 0) is 37.1 Å². The van der Waals surface area contributed by atoms with Crippen LogP contribution in [0.4, 0.5) is 5.69 Å². The topological polar surface area (TPSA) is 71.3 Å². The average Bonchev–Trinajstić information content (AvgIpc) is 3.16. The summed E-state index contributed by atoms with van der Waals surface area (Å²) in [4.78, 5) is 0.151. The van der Waals surface area contributed by atoms with Gasteiger partial charge in [0, 0.05) is 23.0 Å². The molecule has 1 saturated carbocycles. The SMILES string of the molecule is O=S(=O)(Nc1cccc(Cl)c1)c1cc(CO)n(C2CC2)c1. The Kier molecular flexibility index (Phi) is 3.69. The zero-order chi connectivity index (χ0) is 15.0. The van der Waals surface area contributed by atoms with Gasteiger partial charge in [-0.1, -0.05) is 17.7 Å². The maximum atomic E-state index is 12.4. The van der Waals surface area contributed by atoms with Gasteiger partial charge < -0.3 is 9.67 Å². The quantitative estimate of drug-likeness (QED) is 0.887. The molecule has 112 valence electrons. The minimum Gasteiger partial charge on any atom is -0.390 e. The Morgan fingerprint density at radius 2 is 2.10 bits per heavy atom. The first-order valence-corrected chi connectivity index (χ1v) is 8.46. The van der Waals surface area contributed by atoms with Crippen molar-refractivity contribution in [3.8, 4) is 0 Å². The third-order valence-corrected chi connectivity index (χ3v) is 4.98. The van der Waals surface area contributed by atoms with E-state index in [9.17, 15) is 13.5 Å². The Morgan fingerprint density at radius 3 is 2.71 bits per heavy atom. The summed E-state index contributed by atoms with van der Waals surface area (Å²) < 4.78 is 29.1. The largest absolute Gasteiger partial charge is 0.390 e. The smallest absolute Gasteiger partial charge is 0.263 e. The summed E-state index contributed by atoms with van der Waals surface area (Å²) in [6.45, 7) is -0.177. The van der Waals surface area contributed by atoms with Crippen LogP contribution in [-0.2, 0) is 16.6 Å². The number of sulfonamides is 1. The molecule has 0 unspecified atom stereocenters. The second kappa shape index (κ2) is 5.36. The van der Waals surface area contributed by atoms with Crippen molar-refractivity contribution in [3.63, 3.8) is 0 Å². The highest BCUT2D eigenvalue weighted by Gasteiger charge is 2.28. The summed E-state index contributed by atoms with van der Waals surface area (Å²) in [6.07, 6.45) is 3.61. The number of anilines is 1. The predicted octanol–water partition coefficient (Wildman–Crippen LogP) is 2.77. The minimum atomic E-state index is -3.69. The first kappa shape index (κ1) is 14.4. The van der Waals surface area contributed by atoms with Crippen molar-refractivity contribution in [1.29, 1.82) is 0 Å². The fourth-order valence-corrected chi connectivity index (χ4v) is 3.52. The molecule has 0 radical (unpaired) electrons. The highest BCUT2D eigenvalue weighted by Crippen LogP contribution is 2.37. The summed E-state index contributed by atoms with van der Waals surface area (Å²) in [5.74, 6) is 0. The van der Waals surface area contributed by atoms with Gasteiger partial charge in [-0.15, -0.1) is 0 Å². The summed E-state index contributed by atoms with van der Waals surface area (Å²) >= 11 is 5.85. The van der Waals surface area contributed by atoms with Gasteiger partial charge in [0.25, 0.3) is 10.0 Å². The summed E-state index contributed by atoms with van der Waals surface area (Å²) in [7, 11) is -3.69. The van der Waals surface area contributed by atoms with E-state index in [2.05, 4.69) is 4.72 Å². The number of halogens is 1. The van der Waals surface area contributed by atoms with E-state index in [0.29, 0.717) is 22.4 Å². The van der Waals surface area contributed by atoms with Crippen LogP contribution in [0.5, 0.6) is 0 Å². The Labute approximate surface area is 128 Å². The van der Waals surface area contributed by atoms with E-state index < -0.39 is 10.0 Å². The molecule has 2 N–H and O–H groups in total. The van der Waals surface area contributed by atoms with Crippen molar-refractivity contribution in [2.75, 3.05) is 4.72 Å². The number of aliphatic hydroxyl groups excluding tert-OH is 1. The van der Waals surface area contributed by atoms with Crippen molar-refractivity contribution >= 4 is 27.3 Å². The third-order valence-electron chi connectivity index (χ3n) is 3.40. The third kappa shape index (κ3) is 3.07. The van der Waals surface area contributed by atoms with Gasteiger partial charge in [0.15, 0.2) is 0 Å². The molecular weight excluding hydrogens is 312 g/mol. The van der Waals surface area contributed by atoms with Crippen LogP contribution in [0.15, 0.2) is 41.4 Å². The number of aliphatic hydroxyl groups is 1. The standard InChI is InChI=1S/C14H15ClN2O3S/c15-10-2-1-3-11(6-10)16-21(19,20)14-7-13(9-18)17(8-14)12-4-5-12/h1-3,6-8,12,16,18H,4-5,9H2. The van der Waals surface area contributed by atoms with Crippen LogP contribution in [0.1, 0.15) is 24.6 Å². The van der Waals surface area contributed by atoms with Crippen molar-refractivity contribution in [3.05, 3.63) is 47.2 Å². The molecule has 0 atom stereocenters. The number of rotatable bonds is 5. The van der Waals surface area contributed by atoms with Crippen molar-refractivity contribution < 1.29 is 13.5 Å². The lowest BCUT2D eigenvalue weighted by molar-refractivity contribution is 0.270. The molecule has 0 spiro atoms. The monoisotopic (exact) mass is 326 g/mol. The molecule has 0 aliphatic heterocycles. The normalized spacial score (nSPS) is 15.1. The minimum absolute atomic E-state index is 0.151. The fourth-order valence-electron chi connectivity index (χ4n) is 2.23. The Morgan fingerprint density at radius 1 is 1.33 bits per heavy atom. The molecular formula is C14H15ClN2O3S. The average molecular weight is 327 g/mol. The molecule has 21 heavy (non-hydrogen) atoms. The summed E-state index contributed by atoms with van der Waals surface area (Å²) in [5, 5.41) is 9.81. The Balaban J connectivity index is 1.91. The van der Waals surface area contributed by atoms with Gasteiger partial charge in [0.1, 0.15) is 4.90 Å². The Bertz CT molecular complexity index is 766. The molecule has 0 bridgehead atoms. The molecule has 5 nitrogen and oxygen atoms in total. The van der Waals surface area contributed by atoms with Crippen molar-refractivity contribution in [1.82, 2.24) is 4.57 Å². The molecule has 1 heterocycles. The number of benzene rings is 1. The zero-order valence-electron chi connectivity index (χ0n) is 11.2. The van der Waals surface area contributed by atoms with Crippen LogP contribution in [0.25, 0.3) is 0 Å². The molecule has 1 aromatic heterocycles. The lowest BCUT2D eigenvalue weighted by Crippen LogP contribution is -2.12. The van der Waals surface area contributed by atoms with Crippen LogP contribution in [0.2, 0.25) is 5.02 Å². The van der Waals surface area contributed by atoms with Gasteiger partial charge in [-0.25, -0.2) is 8.42 Å². The van der Waals surface area contributed by atoms with E-state index in [-0.39, 0.29) is 11.5 Å². The van der Waals surface area contributed by atoms with Gasteiger partial charge in [0.05, 0.1) is 12.3 Å². The van der Waals surface area contributed by atoms with E-state index in [1.807, 2.05) is 4.57 Å². The number of nitrogens with one attached hydrogen (secondary N) is 1. The van der Waals surface area contributed by atoms with Gasteiger partial charge in [0.2, 0.25) is 0 Å². The molecule has 2 aromatic rings. The van der Waals surface area contributed by atoms with Crippen LogP contribution in [0, 0.1) is 0 Å². The maximum Gasteiger partial charge on any atom is 0.263 e.